The Balaban J connectivity index is 2.31. The quantitative estimate of drug-likeness (QED) is 0.895. The molecule has 1 fully saturated rings. The number of carboxylic acids is 1. The number of halogens is 1. The second-order valence-corrected chi connectivity index (χ2v) is 4.82. The molecule has 1 amide bonds. The molecule has 0 aliphatic carbocycles. The van der Waals surface area contributed by atoms with Gasteiger partial charge < -0.3 is 14.7 Å². The zero-order valence-electron chi connectivity index (χ0n) is 10.4. The van der Waals surface area contributed by atoms with Crippen LogP contribution in [0.5, 0.6) is 0 Å². The maximum absolute atomic E-state index is 12.4. The molecule has 19 heavy (non-hydrogen) atoms. The van der Waals surface area contributed by atoms with Crippen LogP contribution >= 0.6 is 11.6 Å². The lowest BCUT2D eigenvalue weighted by Gasteiger charge is -2.33. The zero-order valence-corrected chi connectivity index (χ0v) is 11.2. The largest absolute Gasteiger partial charge is 0.480 e. The first-order chi connectivity index (χ1) is 9.00. The number of hydrogen-bond acceptors (Lipinski definition) is 3. The van der Waals surface area contributed by atoms with Crippen molar-refractivity contribution < 1.29 is 19.4 Å². The van der Waals surface area contributed by atoms with E-state index in [0.29, 0.717) is 17.2 Å². The summed E-state index contributed by atoms with van der Waals surface area (Å²) in [5.74, 6) is -1.39. The minimum absolute atomic E-state index is 0.0146. The molecule has 5 nitrogen and oxygen atoms in total. The number of aliphatic carboxylic acids is 1. The minimum atomic E-state index is -1.06. The van der Waals surface area contributed by atoms with Gasteiger partial charge in [0.25, 0.3) is 5.91 Å². The fourth-order valence-corrected chi connectivity index (χ4v) is 2.20. The highest BCUT2D eigenvalue weighted by molar-refractivity contribution is 6.31. The molecule has 1 unspecified atom stereocenters. The number of ether oxygens (including phenoxy) is 1. The van der Waals surface area contributed by atoms with Crippen LogP contribution in [0, 0.1) is 6.92 Å². The SMILES string of the molecule is Cc1ccc(Cl)cc1C(=O)N1CCOCC1C(=O)O. The van der Waals surface area contributed by atoms with Crippen molar-refractivity contribution in [3.63, 3.8) is 0 Å². The number of carbonyl (C=O) groups excluding carboxylic acids is 1. The number of morpholine rings is 1. The van der Waals surface area contributed by atoms with E-state index in [0.717, 1.165) is 5.56 Å². The summed E-state index contributed by atoms with van der Waals surface area (Å²) in [5, 5.41) is 9.58. The lowest BCUT2D eigenvalue weighted by atomic mass is 10.1. The molecule has 1 aromatic rings. The number of benzene rings is 1. The van der Waals surface area contributed by atoms with Gasteiger partial charge in [0, 0.05) is 17.1 Å². The molecular formula is C13H14ClNO4. The van der Waals surface area contributed by atoms with Crippen LogP contribution in [0.4, 0.5) is 0 Å². The normalized spacial score (nSPS) is 19.3. The summed E-state index contributed by atoms with van der Waals surface area (Å²) in [4.78, 5) is 24.9. The van der Waals surface area contributed by atoms with E-state index in [1.807, 2.05) is 0 Å². The first-order valence-electron chi connectivity index (χ1n) is 5.88. The highest BCUT2D eigenvalue weighted by Crippen LogP contribution is 2.19. The molecule has 1 heterocycles. The molecule has 0 saturated carbocycles. The molecule has 0 spiro atoms. The Kier molecular flexibility index (Phi) is 4.07. The fraction of sp³-hybridized carbons (Fsp3) is 0.385. The highest BCUT2D eigenvalue weighted by atomic mass is 35.5. The molecule has 0 radical (unpaired) electrons. The topological polar surface area (TPSA) is 66.8 Å². The standard InChI is InChI=1S/C13H14ClNO4/c1-8-2-3-9(14)6-10(8)12(16)15-4-5-19-7-11(15)13(17)18/h2-3,6,11H,4-5,7H2,1H3,(H,17,18). The molecule has 1 saturated heterocycles. The van der Waals surface area contributed by atoms with Crippen molar-refractivity contribution in [3.05, 3.63) is 34.3 Å². The molecule has 1 aliphatic rings. The van der Waals surface area contributed by atoms with Crippen LogP contribution in [0.25, 0.3) is 0 Å². The molecule has 1 N–H and O–H groups in total. The number of carbonyl (C=O) groups is 2. The third-order valence-electron chi connectivity index (χ3n) is 3.10. The van der Waals surface area contributed by atoms with Crippen LogP contribution in [-0.2, 0) is 9.53 Å². The lowest BCUT2D eigenvalue weighted by Crippen LogP contribution is -2.52. The second kappa shape index (κ2) is 5.59. The van der Waals surface area contributed by atoms with Crippen LogP contribution in [-0.4, -0.2) is 47.7 Å². The number of amides is 1. The van der Waals surface area contributed by atoms with E-state index in [1.165, 1.54) is 4.90 Å². The Morgan fingerprint density at radius 2 is 2.21 bits per heavy atom. The summed E-state index contributed by atoms with van der Waals surface area (Å²) in [6.45, 7) is 2.41. The Morgan fingerprint density at radius 3 is 2.89 bits per heavy atom. The second-order valence-electron chi connectivity index (χ2n) is 4.39. The van der Waals surface area contributed by atoms with Gasteiger partial charge in [0.15, 0.2) is 6.04 Å². The van der Waals surface area contributed by atoms with E-state index < -0.39 is 12.0 Å². The Labute approximate surface area is 115 Å². The Bertz CT molecular complexity index is 517. The molecule has 2 rings (SSSR count). The molecular weight excluding hydrogens is 270 g/mol. The summed E-state index contributed by atoms with van der Waals surface area (Å²) >= 11 is 5.89. The average Bonchev–Trinajstić information content (AvgIpc) is 2.40. The number of hydrogen-bond donors (Lipinski definition) is 1. The number of aryl methyl sites for hydroxylation is 1. The van der Waals surface area contributed by atoms with E-state index >= 15 is 0 Å². The molecule has 1 aliphatic heterocycles. The highest BCUT2D eigenvalue weighted by Gasteiger charge is 2.33. The van der Waals surface area contributed by atoms with Crippen LogP contribution < -0.4 is 0 Å². The van der Waals surface area contributed by atoms with Gasteiger partial charge in [-0.25, -0.2) is 4.79 Å². The van der Waals surface area contributed by atoms with E-state index in [-0.39, 0.29) is 19.1 Å². The van der Waals surface area contributed by atoms with Crippen molar-refractivity contribution in [2.45, 2.75) is 13.0 Å². The summed E-state index contributed by atoms with van der Waals surface area (Å²) in [6.07, 6.45) is 0. The van der Waals surface area contributed by atoms with Gasteiger partial charge in [-0.3, -0.25) is 4.79 Å². The van der Waals surface area contributed by atoms with Crippen molar-refractivity contribution in [3.8, 4) is 0 Å². The fourth-order valence-electron chi connectivity index (χ4n) is 2.03. The molecule has 0 bridgehead atoms. The average molecular weight is 284 g/mol. The van der Waals surface area contributed by atoms with Crippen LogP contribution in [0.1, 0.15) is 15.9 Å². The van der Waals surface area contributed by atoms with Crippen LogP contribution in [0.15, 0.2) is 18.2 Å². The van der Waals surface area contributed by atoms with Crippen molar-refractivity contribution in [1.82, 2.24) is 4.90 Å². The van der Waals surface area contributed by atoms with Crippen LogP contribution in [0.2, 0.25) is 5.02 Å². The van der Waals surface area contributed by atoms with Crippen molar-refractivity contribution in [2.24, 2.45) is 0 Å². The van der Waals surface area contributed by atoms with Crippen molar-refractivity contribution in [1.29, 1.82) is 0 Å². The van der Waals surface area contributed by atoms with Crippen LogP contribution in [0.3, 0.4) is 0 Å². The third kappa shape index (κ3) is 2.88. The first kappa shape index (κ1) is 13.8. The van der Waals surface area contributed by atoms with E-state index in [4.69, 9.17) is 21.4 Å². The van der Waals surface area contributed by atoms with Gasteiger partial charge in [0.05, 0.1) is 13.2 Å². The number of rotatable bonds is 2. The summed E-state index contributed by atoms with van der Waals surface area (Å²) in [5.41, 5.74) is 1.20. The maximum atomic E-state index is 12.4. The van der Waals surface area contributed by atoms with Gasteiger partial charge in [0.2, 0.25) is 0 Å². The van der Waals surface area contributed by atoms with E-state index in [2.05, 4.69) is 0 Å². The molecule has 102 valence electrons. The predicted molar refractivity (Wildman–Crippen MR) is 69.5 cm³/mol. The van der Waals surface area contributed by atoms with Gasteiger partial charge >= 0.3 is 5.97 Å². The molecule has 1 aromatic carbocycles. The minimum Gasteiger partial charge on any atom is -0.480 e. The van der Waals surface area contributed by atoms with Gasteiger partial charge in [-0.1, -0.05) is 17.7 Å². The third-order valence-corrected chi connectivity index (χ3v) is 3.34. The van der Waals surface area contributed by atoms with E-state index in [9.17, 15) is 9.59 Å². The van der Waals surface area contributed by atoms with Gasteiger partial charge in [-0.2, -0.15) is 0 Å². The molecule has 0 aromatic heterocycles. The Hall–Kier alpha value is -1.59. The zero-order chi connectivity index (χ0) is 14.0. The van der Waals surface area contributed by atoms with Gasteiger partial charge in [-0.15, -0.1) is 0 Å². The summed E-state index contributed by atoms with van der Waals surface area (Å²) < 4.78 is 5.11. The lowest BCUT2D eigenvalue weighted by molar-refractivity contribution is -0.147. The monoisotopic (exact) mass is 283 g/mol. The number of nitrogens with zero attached hydrogens (tertiary/aromatic N) is 1. The van der Waals surface area contributed by atoms with Gasteiger partial charge in [-0.05, 0) is 24.6 Å². The Morgan fingerprint density at radius 1 is 1.47 bits per heavy atom. The predicted octanol–water partition coefficient (Wildman–Crippen LogP) is 1.57. The smallest absolute Gasteiger partial charge is 0.328 e. The first-order valence-corrected chi connectivity index (χ1v) is 6.26. The summed E-state index contributed by atoms with van der Waals surface area (Å²) in [6, 6.07) is 4.06. The molecule has 1 atom stereocenters. The van der Waals surface area contributed by atoms with Crippen molar-refractivity contribution in [2.75, 3.05) is 19.8 Å². The number of carboxylic acid groups (broad SMARTS) is 1. The van der Waals surface area contributed by atoms with Gasteiger partial charge in [0.1, 0.15) is 0 Å². The molecule has 6 heteroatoms. The van der Waals surface area contributed by atoms with E-state index in [1.54, 1.807) is 25.1 Å². The maximum Gasteiger partial charge on any atom is 0.328 e. The van der Waals surface area contributed by atoms with Crippen molar-refractivity contribution >= 4 is 23.5 Å². The summed E-state index contributed by atoms with van der Waals surface area (Å²) in [7, 11) is 0.